The van der Waals surface area contributed by atoms with Gasteiger partial charge in [-0.05, 0) is 48.9 Å². The molecular weight excluding hydrogens is 368 g/mol. The average molecular weight is 384 g/mol. The summed E-state index contributed by atoms with van der Waals surface area (Å²) in [7, 11) is 0. The zero-order valence-electron chi connectivity index (χ0n) is 13.4. The van der Waals surface area contributed by atoms with Crippen LogP contribution >= 0.6 is 11.6 Å². The summed E-state index contributed by atoms with van der Waals surface area (Å²) in [6.07, 6.45) is 0.395. The molecule has 1 fully saturated rings. The Kier molecular flexibility index (Phi) is 5.55. The number of hydrazine groups is 1. The fourth-order valence-electron chi connectivity index (χ4n) is 2.69. The van der Waals surface area contributed by atoms with Crippen LogP contribution in [0.1, 0.15) is 18.0 Å². The van der Waals surface area contributed by atoms with E-state index < -0.39 is 12.7 Å². The number of ether oxygens (including phenoxy) is 1. The molecule has 9 heteroatoms. The van der Waals surface area contributed by atoms with E-state index in [9.17, 15) is 18.7 Å². The van der Waals surface area contributed by atoms with Crippen LogP contribution in [-0.4, -0.2) is 23.7 Å². The van der Waals surface area contributed by atoms with E-state index in [0.29, 0.717) is 22.7 Å². The van der Waals surface area contributed by atoms with Gasteiger partial charge in [-0.2, -0.15) is 8.78 Å². The molecule has 0 spiro atoms. The summed E-state index contributed by atoms with van der Waals surface area (Å²) in [6, 6.07) is 9.50. The lowest BCUT2D eigenvalue weighted by Gasteiger charge is -2.12. The zero-order chi connectivity index (χ0) is 18.7. The van der Waals surface area contributed by atoms with Crippen LogP contribution in [0, 0.1) is 0 Å². The molecule has 0 aliphatic carbocycles. The van der Waals surface area contributed by atoms with Gasteiger partial charge in [-0.1, -0.05) is 11.6 Å². The van der Waals surface area contributed by atoms with Crippen molar-refractivity contribution in [3.05, 3.63) is 53.1 Å². The Balaban J connectivity index is 1.60. The minimum atomic E-state index is -2.90. The maximum Gasteiger partial charge on any atom is 0.387 e. The van der Waals surface area contributed by atoms with Gasteiger partial charge >= 0.3 is 6.61 Å². The Bertz CT molecular complexity index is 789. The van der Waals surface area contributed by atoms with Crippen LogP contribution in [0.15, 0.2) is 42.5 Å². The molecule has 1 amide bonds. The molecule has 1 saturated heterocycles. The van der Waals surface area contributed by atoms with E-state index in [4.69, 9.17) is 11.6 Å². The Hall–Kier alpha value is -2.42. The molecule has 138 valence electrons. The van der Waals surface area contributed by atoms with Crippen LogP contribution in [0.2, 0.25) is 5.02 Å². The number of rotatable bonds is 5. The number of hydrogen-bond donors (Lipinski definition) is 4. The second kappa shape index (κ2) is 7.86. The van der Waals surface area contributed by atoms with E-state index in [2.05, 4.69) is 20.9 Å². The van der Waals surface area contributed by atoms with Crippen molar-refractivity contribution in [2.75, 3.05) is 5.32 Å². The number of anilines is 1. The molecule has 1 aliphatic heterocycles. The first-order chi connectivity index (χ1) is 12.4. The van der Waals surface area contributed by atoms with Crippen molar-refractivity contribution in [3.8, 4) is 11.5 Å². The van der Waals surface area contributed by atoms with Gasteiger partial charge in [-0.25, -0.2) is 10.9 Å². The molecule has 0 bridgehead atoms. The van der Waals surface area contributed by atoms with Gasteiger partial charge in [-0.3, -0.25) is 4.79 Å². The number of benzene rings is 2. The molecule has 0 saturated carbocycles. The maximum absolute atomic E-state index is 12.4. The Morgan fingerprint density at radius 1 is 1.23 bits per heavy atom. The smallest absolute Gasteiger partial charge is 0.387 e. The average Bonchev–Trinajstić information content (AvgIpc) is 3.08. The summed E-state index contributed by atoms with van der Waals surface area (Å²) in [5.41, 5.74) is 6.87. The number of carbonyl (C=O) groups excluding carboxylic acids is 1. The van der Waals surface area contributed by atoms with E-state index in [-0.39, 0.29) is 23.4 Å². The number of phenolic OH excluding ortho intramolecular Hbond substituents is 1. The zero-order valence-corrected chi connectivity index (χ0v) is 14.1. The highest BCUT2D eigenvalue weighted by molar-refractivity contribution is 6.30. The van der Waals surface area contributed by atoms with E-state index >= 15 is 0 Å². The molecular formula is C17H16ClF2N3O3. The van der Waals surface area contributed by atoms with Gasteiger partial charge in [0.25, 0.3) is 0 Å². The first kappa shape index (κ1) is 18.4. The molecule has 0 aromatic heterocycles. The summed E-state index contributed by atoms with van der Waals surface area (Å²) in [6.45, 7) is -2.90. The van der Waals surface area contributed by atoms with Gasteiger partial charge < -0.3 is 15.2 Å². The Labute approximate surface area is 153 Å². The van der Waals surface area contributed by atoms with Crippen molar-refractivity contribution in [1.29, 1.82) is 0 Å². The summed E-state index contributed by atoms with van der Waals surface area (Å²) in [5.74, 6) is -0.205. The Morgan fingerprint density at radius 2 is 1.96 bits per heavy atom. The predicted octanol–water partition coefficient (Wildman–Crippen LogP) is 3.19. The minimum absolute atomic E-state index is 0.00940. The maximum atomic E-state index is 12.4. The molecule has 2 aromatic carbocycles. The van der Waals surface area contributed by atoms with Crippen molar-refractivity contribution in [2.24, 2.45) is 0 Å². The van der Waals surface area contributed by atoms with Crippen LogP contribution in [-0.2, 0) is 4.79 Å². The third kappa shape index (κ3) is 4.40. The number of amides is 1. The Morgan fingerprint density at radius 3 is 2.65 bits per heavy atom. The normalized spacial score (nSPS) is 19.5. The molecule has 3 rings (SSSR count). The standard InChI is InChI=1S/C17H16ClF2N3O3/c18-9-1-6-15(24)12(7-9)13-8-14(23-22-13)16(25)21-10-2-4-11(5-3-10)26-17(19)20/h1-7,13-14,17,22-24H,8H2,(H,21,25). The molecule has 2 aromatic rings. The van der Waals surface area contributed by atoms with Crippen molar-refractivity contribution >= 4 is 23.2 Å². The number of alkyl halides is 2. The fourth-order valence-corrected chi connectivity index (χ4v) is 2.87. The summed E-state index contributed by atoms with van der Waals surface area (Å²) in [5, 5.41) is 13.1. The van der Waals surface area contributed by atoms with Gasteiger partial charge in [0.1, 0.15) is 17.5 Å². The molecule has 1 aliphatic rings. The van der Waals surface area contributed by atoms with Crippen LogP contribution in [0.25, 0.3) is 0 Å². The van der Waals surface area contributed by atoms with Gasteiger partial charge in [0, 0.05) is 16.3 Å². The summed E-state index contributed by atoms with van der Waals surface area (Å²) >= 11 is 5.95. The summed E-state index contributed by atoms with van der Waals surface area (Å²) in [4.78, 5) is 12.4. The third-order valence-electron chi connectivity index (χ3n) is 3.93. The number of aromatic hydroxyl groups is 1. The number of nitrogens with one attached hydrogen (secondary N) is 3. The third-order valence-corrected chi connectivity index (χ3v) is 4.17. The van der Waals surface area contributed by atoms with Gasteiger partial charge in [0.05, 0.1) is 6.04 Å². The van der Waals surface area contributed by atoms with Crippen molar-refractivity contribution in [2.45, 2.75) is 25.1 Å². The van der Waals surface area contributed by atoms with Crippen molar-refractivity contribution in [1.82, 2.24) is 10.9 Å². The molecule has 2 unspecified atom stereocenters. The number of phenols is 1. The van der Waals surface area contributed by atoms with E-state index in [1.165, 1.54) is 30.3 Å². The van der Waals surface area contributed by atoms with E-state index in [1.54, 1.807) is 12.1 Å². The topological polar surface area (TPSA) is 82.6 Å². The van der Waals surface area contributed by atoms with Crippen LogP contribution in [0.3, 0.4) is 0 Å². The predicted molar refractivity (Wildman–Crippen MR) is 92.2 cm³/mol. The summed E-state index contributed by atoms with van der Waals surface area (Å²) < 4.78 is 28.5. The molecule has 26 heavy (non-hydrogen) atoms. The highest BCUT2D eigenvalue weighted by Gasteiger charge is 2.31. The van der Waals surface area contributed by atoms with Crippen LogP contribution in [0.4, 0.5) is 14.5 Å². The van der Waals surface area contributed by atoms with E-state index in [1.807, 2.05) is 0 Å². The largest absolute Gasteiger partial charge is 0.508 e. The molecule has 4 N–H and O–H groups in total. The fraction of sp³-hybridized carbons (Fsp3) is 0.235. The van der Waals surface area contributed by atoms with Crippen LogP contribution in [0.5, 0.6) is 11.5 Å². The SMILES string of the molecule is O=C(Nc1ccc(OC(F)F)cc1)C1CC(c2cc(Cl)ccc2O)NN1. The lowest BCUT2D eigenvalue weighted by Crippen LogP contribution is -2.39. The molecule has 0 radical (unpaired) electrons. The second-order valence-corrected chi connectivity index (χ2v) is 6.16. The van der Waals surface area contributed by atoms with E-state index in [0.717, 1.165) is 0 Å². The van der Waals surface area contributed by atoms with Gasteiger partial charge in [-0.15, -0.1) is 0 Å². The quantitative estimate of drug-likeness (QED) is 0.637. The van der Waals surface area contributed by atoms with Crippen LogP contribution < -0.4 is 20.9 Å². The first-order valence-electron chi connectivity index (χ1n) is 7.77. The number of carbonyl (C=O) groups is 1. The van der Waals surface area contributed by atoms with Gasteiger partial charge in [0.15, 0.2) is 0 Å². The van der Waals surface area contributed by atoms with Gasteiger partial charge in [0.2, 0.25) is 5.91 Å². The number of hydrogen-bond acceptors (Lipinski definition) is 5. The highest BCUT2D eigenvalue weighted by Crippen LogP contribution is 2.32. The molecule has 6 nitrogen and oxygen atoms in total. The van der Waals surface area contributed by atoms with Crippen molar-refractivity contribution < 1.29 is 23.4 Å². The highest BCUT2D eigenvalue weighted by atomic mass is 35.5. The van der Waals surface area contributed by atoms with Crippen molar-refractivity contribution in [3.63, 3.8) is 0 Å². The first-order valence-corrected chi connectivity index (χ1v) is 8.15. The second-order valence-electron chi connectivity index (χ2n) is 5.72. The molecule has 1 heterocycles. The monoisotopic (exact) mass is 383 g/mol. The lowest BCUT2D eigenvalue weighted by molar-refractivity contribution is -0.117. The molecule has 2 atom stereocenters. The number of halogens is 3. The lowest BCUT2D eigenvalue weighted by atomic mass is 10.0. The minimum Gasteiger partial charge on any atom is -0.508 e.